The first-order chi connectivity index (χ1) is 10.3. The molecule has 5 heteroatoms. The van der Waals surface area contributed by atoms with Crippen molar-refractivity contribution < 1.29 is 9.53 Å². The first-order valence-electron chi connectivity index (χ1n) is 7.67. The fraction of sp³-hybridized carbons (Fsp3) is 0.562. The van der Waals surface area contributed by atoms with Gasteiger partial charge in [0.2, 0.25) is 5.91 Å². The Morgan fingerprint density at radius 2 is 2.19 bits per heavy atom. The zero-order valence-electron chi connectivity index (χ0n) is 12.5. The second-order valence-electron chi connectivity index (χ2n) is 5.68. The second kappa shape index (κ2) is 6.45. The van der Waals surface area contributed by atoms with Crippen LogP contribution in [0.3, 0.4) is 0 Å². The molecular weight excluding hydrogens is 266 g/mol. The average Bonchev–Trinajstić information content (AvgIpc) is 3.37. The molecule has 1 aliphatic carbocycles. The molecule has 5 nitrogen and oxygen atoms in total. The number of nitrogens with zero attached hydrogens (tertiary/aromatic N) is 1. The molecule has 1 saturated carbocycles. The molecule has 2 fully saturated rings. The molecule has 2 N–H and O–H groups in total. The summed E-state index contributed by atoms with van der Waals surface area (Å²) in [6.07, 6.45) is 2.56. The van der Waals surface area contributed by atoms with Gasteiger partial charge in [-0.15, -0.1) is 0 Å². The number of benzene rings is 1. The predicted octanol–water partition coefficient (Wildman–Crippen LogP) is 0.890. The Morgan fingerprint density at radius 3 is 2.95 bits per heavy atom. The smallest absolute Gasteiger partial charge is 0.244 e. The number of hydrogen-bond acceptors (Lipinski definition) is 4. The van der Waals surface area contributed by atoms with Crippen LogP contribution in [0.25, 0.3) is 0 Å². The summed E-state index contributed by atoms with van der Waals surface area (Å²) in [5.74, 6) is 0.0136. The largest absolute Gasteiger partial charge is 0.377 e. The first kappa shape index (κ1) is 14.4. The Labute approximate surface area is 125 Å². The molecule has 1 heterocycles. The Morgan fingerprint density at radius 1 is 1.38 bits per heavy atom. The van der Waals surface area contributed by atoms with E-state index in [9.17, 15) is 4.79 Å². The van der Waals surface area contributed by atoms with E-state index in [1.54, 1.807) is 7.05 Å². The van der Waals surface area contributed by atoms with E-state index in [1.807, 2.05) is 6.07 Å². The number of anilines is 1. The molecule has 0 spiro atoms. The van der Waals surface area contributed by atoms with Crippen LogP contribution in [0.15, 0.2) is 24.3 Å². The summed E-state index contributed by atoms with van der Waals surface area (Å²) in [6.45, 7) is 2.72. The summed E-state index contributed by atoms with van der Waals surface area (Å²) in [7, 11) is 1.68. The molecule has 0 aromatic heterocycles. The highest BCUT2D eigenvalue weighted by molar-refractivity contribution is 5.85. The maximum Gasteiger partial charge on any atom is 0.244 e. The van der Waals surface area contributed by atoms with Crippen LogP contribution < -0.4 is 15.5 Å². The van der Waals surface area contributed by atoms with Crippen molar-refractivity contribution >= 4 is 11.6 Å². The number of likely N-dealkylation sites (N-methyl/N-ethyl adjacent to an activating group) is 1. The number of carbonyl (C=O) groups excluding carboxylic acids is 1. The normalized spacial score (nSPS) is 22.1. The SMILES string of the molecule is CNC(=O)C1COCCN1c1ccccc1CNC1CC1. The van der Waals surface area contributed by atoms with E-state index in [-0.39, 0.29) is 11.9 Å². The predicted molar refractivity (Wildman–Crippen MR) is 82.3 cm³/mol. The van der Waals surface area contributed by atoms with Gasteiger partial charge in [-0.05, 0) is 24.5 Å². The van der Waals surface area contributed by atoms with Crippen molar-refractivity contribution in [3.8, 4) is 0 Å². The van der Waals surface area contributed by atoms with Gasteiger partial charge in [0.25, 0.3) is 0 Å². The van der Waals surface area contributed by atoms with Gasteiger partial charge in [0.1, 0.15) is 6.04 Å². The van der Waals surface area contributed by atoms with Gasteiger partial charge < -0.3 is 20.3 Å². The van der Waals surface area contributed by atoms with Crippen LogP contribution in [0.1, 0.15) is 18.4 Å². The minimum absolute atomic E-state index is 0.0136. The molecule has 1 atom stereocenters. The molecule has 114 valence electrons. The molecule has 3 rings (SSSR count). The van der Waals surface area contributed by atoms with Crippen molar-refractivity contribution in [2.24, 2.45) is 0 Å². The summed E-state index contributed by atoms with van der Waals surface area (Å²) in [5.41, 5.74) is 2.39. The lowest BCUT2D eigenvalue weighted by Crippen LogP contribution is -2.53. The number of ether oxygens (including phenoxy) is 1. The van der Waals surface area contributed by atoms with Gasteiger partial charge in [0, 0.05) is 31.9 Å². The number of rotatable bonds is 5. The molecule has 1 amide bonds. The van der Waals surface area contributed by atoms with Crippen molar-refractivity contribution in [3.63, 3.8) is 0 Å². The van der Waals surface area contributed by atoms with Crippen molar-refractivity contribution in [1.29, 1.82) is 0 Å². The number of nitrogens with one attached hydrogen (secondary N) is 2. The number of para-hydroxylation sites is 1. The standard InChI is InChI=1S/C16H23N3O2/c1-17-16(20)15-11-21-9-8-19(15)14-5-3-2-4-12(14)10-18-13-6-7-13/h2-5,13,15,18H,6-11H2,1H3,(H,17,20). The minimum atomic E-state index is -0.245. The topological polar surface area (TPSA) is 53.6 Å². The number of morpholine rings is 1. The van der Waals surface area contributed by atoms with E-state index in [2.05, 4.69) is 33.7 Å². The highest BCUT2D eigenvalue weighted by Gasteiger charge is 2.30. The zero-order valence-corrected chi connectivity index (χ0v) is 12.5. The van der Waals surface area contributed by atoms with E-state index >= 15 is 0 Å². The van der Waals surface area contributed by atoms with Crippen LogP contribution in [-0.4, -0.2) is 44.8 Å². The molecule has 21 heavy (non-hydrogen) atoms. The molecule has 0 bridgehead atoms. The highest BCUT2D eigenvalue weighted by atomic mass is 16.5. The van der Waals surface area contributed by atoms with Crippen molar-refractivity contribution in [2.45, 2.75) is 31.5 Å². The molecule has 1 aliphatic heterocycles. The lowest BCUT2D eigenvalue weighted by atomic mass is 10.1. The molecule has 1 aromatic rings. The maximum atomic E-state index is 12.1. The summed E-state index contributed by atoms with van der Waals surface area (Å²) >= 11 is 0. The van der Waals surface area contributed by atoms with E-state index in [0.717, 1.165) is 18.8 Å². The van der Waals surface area contributed by atoms with Crippen LogP contribution in [0, 0.1) is 0 Å². The molecule has 2 aliphatic rings. The van der Waals surface area contributed by atoms with Crippen LogP contribution in [0.4, 0.5) is 5.69 Å². The fourth-order valence-corrected chi connectivity index (χ4v) is 2.76. The van der Waals surface area contributed by atoms with Gasteiger partial charge >= 0.3 is 0 Å². The van der Waals surface area contributed by atoms with Crippen LogP contribution in [0.2, 0.25) is 0 Å². The third-order valence-corrected chi connectivity index (χ3v) is 4.14. The Kier molecular flexibility index (Phi) is 4.41. The lowest BCUT2D eigenvalue weighted by Gasteiger charge is -2.37. The van der Waals surface area contributed by atoms with E-state index in [0.29, 0.717) is 19.3 Å². The third kappa shape index (κ3) is 3.36. The van der Waals surface area contributed by atoms with E-state index in [1.165, 1.54) is 18.4 Å². The Hall–Kier alpha value is -1.59. The fourth-order valence-electron chi connectivity index (χ4n) is 2.76. The lowest BCUT2D eigenvalue weighted by molar-refractivity contribution is -0.124. The molecule has 1 unspecified atom stereocenters. The van der Waals surface area contributed by atoms with Crippen molar-refractivity contribution in [3.05, 3.63) is 29.8 Å². The maximum absolute atomic E-state index is 12.1. The minimum Gasteiger partial charge on any atom is -0.377 e. The van der Waals surface area contributed by atoms with E-state index in [4.69, 9.17) is 4.74 Å². The van der Waals surface area contributed by atoms with Gasteiger partial charge in [-0.3, -0.25) is 4.79 Å². The number of amides is 1. The summed E-state index contributed by atoms with van der Waals surface area (Å²) in [4.78, 5) is 14.3. The second-order valence-corrected chi connectivity index (χ2v) is 5.68. The Balaban J connectivity index is 1.80. The van der Waals surface area contributed by atoms with Gasteiger partial charge in [-0.2, -0.15) is 0 Å². The summed E-state index contributed by atoms with van der Waals surface area (Å²) < 4.78 is 5.49. The van der Waals surface area contributed by atoms with Gasteiger partial charge in [0.05, 0.1) is 13.2 Å². The van der Waals surface area contributed by atoms with Crippen molar-refractivity contribution in [1.82, 2.24) is 10.6 Å². The molecule has 1 saturated heterocycles. The van der Waals surface area contributed by atoms with Gasteiger partial charge in [0.15, 0.2) is 0 Å². The summed E-state index contributed by atoms with van der Waals surface area (Å²) in [6, 6.07) is 8.77. The van der Waals surface area contributed by atoms with Crippen LogP contribution in [-0.2, 0) is 16.1 Å². The zero-order chi connectivity index (χ0) is 14.7. The molecule has 1 aromatic carbocycles. The molecule has 0 radical (unpaired) electrons. The van der Waals surface area contributed by atoms with Gasteiger partial charge in [-0.25, -0.2) is 0 Å². The summed E-state index contributed by atoms with van der Waals surface area (Å²) in [5, 5.41) is 6.29. The number of hydrogen-bond donors (Lipinski definition) is 2. The first-order valence-corrected chi connectivity index (χ1v) is 7.67. The van der Waals surface area contributed by atoms with Gasteiger partial charge in [-0.1, -0.05) is 18.2 Å². The average molecular weight is 289 g/mol. The highest BCUT2D eigenvalue weighted by Crippen LogP contribution is 2.26. The van der Waals surface area contributed by atoms with Crippen LogP contribution >= 0.6 is 0 Å². The van der Waals surface area contributed by atoms with E-state index < -0.39 is 0 Å². The van der Waals surface area contributed by atoms with Crippen molar-refractivity contribution in [2.75, 3.05) is 31.7 Å². The molecular formula is C16H23N3O2. The third-order valence-electron chi connectivity index (χ3n) is 4.14. The number of carbonyl (C=O) groups is 1. The quantitative estimate of drug-likeness (QED) is 0.845. The van der Waals surface area contributed by atoms with Crippen LogP contribution in [0.5, 0.6) is 0 Å². The monoisotopic (exact) mass is 289 g/mol. The Bertz CT molecular complexity index is 502.